The molecular formula is C12H17N3O2S3. The maximum atomic E-state index is 12.4. The van der Waals surface area contributed by atoms with Crippen molar-refractivity contribution < 1.29 is 8.42 Å². The smallest absolute Gasteiger partial charge is 0.242 e. The van der Waals surface area contributed by atoms with E-state index >= 15 is 0 Å². The summed E-state index contributed by atoms with van der Waals surface area (Å²) in [5.41, 5.74) is 0.787. The number of rotatable bonds is 7. The van der Waals surface area contributed by atoms with Gasteiger partial charge in [0.05, 0.1) is 6.54 Å². The zero-order chi connectivity index (χ0) is 14.6. The molecule has 0 atom stereocenters. The zero-order valence-electron chi connectivity index (χ0n) is 11.3. The Morgan fingerprint density at radius 2 is 2.10 bits per heavy atom. The molecule has 2 aromatic heterocycles. The average molecular weight is 331 g/mol. The molecule has 2 N–H and O–H groups in total. The van der Waals surface area contributed by atoms with Gasteiger partial charge < -0.3 is 5.32 Å². The van der Waals surface area contributed by atoms with E-state index in [1.807, 2.05) is 24.6 Å². The summed E-state index contributed by atoms with van der Waals surface area (Å²) in [5.74, 6) is 0. The van der Waals surface area contributed by atoms with Crippen molar-refractivity contribution in [1.29, 1.82) is 0 Å². The predicted octanol–water partition coefficient (Wildman–Crippen LogP) is 2.10. The topological polar surface area (TPSA) is 71.1 Å². The average Bonchev–Trinajstić information content (AvgIpc) is 3.03. The highest BCUT2D eigenvalue weighted by Gasteiger charge is 2.22. The Morgan fingerprint density at radius 1 is 1.30 bits per heavy atom. The molecule has 0 saturated carbocycles. The Balaban J connectivity index is 2.18. The van der Waals surface area contributed by atoms with Crippen LogP contribution in [0, 0.1) is 6.92 Å². The zero-order valence-corrected chi connectivity index (χ0v) is 13.8. The molecule has 110 valence electrons. The van der Waals surface area contributed by atoms with Crippen LogP contribution in [0.4, 0.5) is 0 Å². The van der Waals surface area contributed by atoms with Crippen molar-refractivity contribution in [2.24, 2.45) is 0 Å². The predicted molar refractivity (Wildman–Crippen MR) is 82.6 cm³/mol. The van der Waals surface area contributed by atoms with Crippen LogP contribution in [0.25, 0.3) is 0 Å². The summed E-state index contributed by atoms with van der Waals surface area (Å²) in [4.78, 5) is 5.32. The van der Waals surface area contributed by atoms with Gasteiger partial charge in [-0.15, -0.1) is 22.7 Å². The number of sulfonamides is 1. The normalized spacial score (nSPS) is 11.9. The van der Waals surface area contributed by atoms with E-state index in [0.717, 1.165) is 22.0 Å². The second-order valence-electron chi connectivity index (χ2n) is 4.20. The van der Waals surface area contributed by atoms with Crippen molar-refractivity contribution in [2.75, 3.05) is 6.54 Å². The van der Waals surface area contributed by atoms with E-state index in [1.165, 1.54) is 22.7 Å². The quantitative estimate of drug-likeness (QED) is 0.815. The molecule has 0 radical (unpaired) electrons. The number of nitrogens with zero attached hydrogens (tertiary/aromatic N) is 1. The van der Waals surface area contributed by atoms with Crippen molar-refractivity contribution in [1.82, 2.24) is 15.0 Å². The van der Waals surface area contributed by atoms with Gasteiger partial charge in [-0.1, -0.05) is 6.92 Å². The van der Waals surface area contributed by atoms with Gasteiger partial charge in [-0.25, -0.2) is 18.1 Å². The lowest BCUT2D eigenvalue weighted by molar-refractivity contribution is 0.579. The number of aryl methyl sites for hydroxylation is 1. The summed E-state index contributed by atoms with van der Waals surface area (Å²) in [6, 6.07) is 0. The maximum Gasteiger partial charge on any atom is 0.242 e. The fraction of sp³-hybridized carbons (Fsp3) is 0.417. The molecule has 20 heavy (non-hydrogen) atoms. The summed E-state index contributed by atoms with van der Waals surface area (Å²) >= 11 is 2.91. The molecule has 2 rings (SSSR count). The molecular weight excluding hydrogens is 314 g/mol. The first-order valence-electron chi connectivity index (χ1n) is 6.20. The SMILES string of the molecule is CCNCc1scc(C)c1S(=O)(=O)NCc1nccs1. The van der Waals surface area contributed by atoms with Crippen LogP contribution in [0.1, 0.15) is 22.4 Å². The third-order valence-electron chi connectivity index (χ3n) is 2.69. The Hall–Kier alpha value is -0.800. The van der Waals surface area contributed by atoms with Gasteiger partial charge in [-0.3, -0.25) is 0 Å². The highest BCUT2D eigenvalue weighted by atomic mass is 32.2. The Morgan fingerprint density at radius 3 is 2.75 bits per heavy atom. The van der Waals surface area contributed by atoms with Crippen LogP contribution >= 0.6 is 22.7 Å². The molecule has 0 spiro atoms. The number of thiazole rings is 1. The molecule has 0 amide bonds. The monoisotopic (exact) mass is 331 g/mol. The van der Waals surface area contributed by atoms with Gasteiger partial charge in [-0.05, 0) is 24.4 Å². The summed E-state index contributed by atoms with van der Waals surface area (Å²) in [6.45, 7) is 5.43. The number of aromatic nitrogens is 1. The van der Waals surface area contributed by atoms with Crippen LogP contribution in [0.3, 0.4) is 0 Å². The summed E-state index contributed by atoms with van der Waals surface area (Å²) in [5, 5.41) is 7.64. The second-order valence-corrected chi connectivity index (χ2v) is 7.85. The van der Waals surface area contributed by atoms with Crippen LogP contribution in [0.2, 0.25) is 0 Å². The molecule has 8 heteroatoms. The lowest BCUT2D eigenvalue weighted by atomic mass is 10.3. The molecule has 0 unspecified atom stereocenters. The van der Waals surface area contributed by atoms with Crippen molar-refractivity contribution in [3.05, 3.63) is 32.4 Å². The third-order valence-corrected chi connectivity index (χ3v) is 6.33. The standard InChI is InChI=1S/C12H17N3O2S3/c1-3-13-6-10-12(9(2)8-19-10)20(16,17)15-7-11-14-4-5-18-11/h4-5,8,13,15H,3,6-7H2,1-2H3. The van der Waals surface area contributed by atoms with Gasteiger partial charge in [0.1, 0.15) is 9.90 Å². The van der Waals surface area contributed by atoms with E-state index in [0.29, 0.717) is 11.4 Å². The van der Waals surface area contributed by atoms with Crippen LogP contribution in [-0.4, -0.2) is 19.9 Å². The van der Waals surface area contributed by atoms with E-state index in [2.05, 4.69) is 15.0 Å². The molecule has 0 bridgehead atoms. The Labute approximate surface area is 127 Å². The first-order chi connectivity index (χ1) is 9.54. The van der Waals surface area contributed by atoms with Crippen molar-refractivity contribution in [2.45, 2.75) is 31.8 Å². The van der Waals surface area contributed by atoms with Gasteiger partial charge in [0.25, 0.3) is 0 Å². The maximum absolute atomic E-state index is 12.4. The van der Waals surface area contributed by atoms with E-state index in [1.54, 1.807) is 6.20 Å². The molecule has 2 heterocycles. The fourth-order valence-corrected chi connectivity index (χ4v) is 5.19. The minimum Gasteiger partial charge on any atom is -0.312 e. The summed E-state index contributed by atoms with van der Waals surface area (Å²) in [6.07, 6.45) is 1.67. The van der Waals surface area contributed by atoms with Gasteiger partial charge in [0.2, 0.25) is 10.0 Å². The highest BCUT2D eigenvalue weighted by molar-refractivity contribution is 7.89. The number of thiophene rings is 1. The van der Waals surface area contributed by atoms with E-state index in [9.17, 15) is 8.42 Å². The molecule has 0 aromatic carbocycles. The van der Waals surface area contributed by atoms with E-state index in [-0.39, 0.29) is 6.54 Å². The molecule has 0 aliphatic rings. The Kier molecular flexibility index (Phi) is 5.28. The second kappa shape index (κ2) is 6.77. The first kappa shape index (κ1) is 15.6. The van der Waals surface area contributed by atoms with Gasteiger partial charge >= 0.3 is 0 Å². The van der Waals surface area contributed by atoms with E-state index < -0.39 is 10.0 Å². The van der Waals surface area contributed by atoms with Crippen molar-refractivity contribution in [3.8, 4) is 0 Å². The molecule has 2 aromatic rings. The van der Waals surface area contributed by atoms with Gasteiger partial charge in [0, 0.05) is 23.0 Å². The van der Waals surface area contributed by atoms with Crippen LogP contribution in [0.5, 0.6) is 0 Å². The largest absolute Gasteiger partial charge is 0.312 e. The first-order valence-corrected chi connectivity index (χ1v) is 9.44. The van der Waals surface area contributed by atoms with Crippen LogP contribution < -0.4 is 10.0 Å². The van der Waals surface area contributed by atoms with Crippen molar-refractivity contribution in [3.63, 3.8) is 0 Å². The van der Waals surface area contributed by atoms with E-state index in [4.69, 9.17) is 0 Å². The molecule has 0 fully saturated rings. The minimum absolute atomic E-state index is 0.232. The summed E-state index contributed by atoms with van der Waals surface area (Å²) in [7, 11) is -3.50. The number of nitrogens with one attached hydrogen (secondary N) is 2. The summed E-state index contributed by atoms with van der Waals surface area (Å²) < 4.78 is 27.5. The molecule has 0 saturated heterocycles. The minimum atomic E-state index is -3.50. The van der Waals surface area contributed by atoms with Gasteiger partial charge in [0.15, 0.2) is 0 Å². The van der Waals surface area contributed by atoms with Crippen LogP contribution in [-0.2, 0) is 23.1 Å². The lowest BCUT2D eigenvalue weighted by Crippen LogP contribution is -2.25. The molecule has 0 aliphatic heterocycles. The third kappa shape index (κ3) is 3.64. The Bertz CT molecular complexity index is 648. The number of hydrogen-bond donors (Lipinski definition) is 2. The molecule has 5 nitrogen and oxygen atoms in total. The number of hydrogen-bond acceptors (Lipinski definition) is 6. The van der Waals surface area contributed by atoms with Crippen molar-refractivity contribution >= 4 is 32.7 Å². The molecule has 0 aliphatic carbocycles. The van der Waals surface area contributed by atoms with Gasteiger partial charge in [-0.2, -0.15) is 0 Å². The highest BCUT2D eigenvalue weighted by Crippen LogP contribution is 2.26. The van der Waals surface area contributed by atoms with Crippen LogP contribution in [0.15, 0.2) is 21.9 Å². The lowest BCUT2D eigenvalue weighted by Gasteiger charge is -2.08. The fourth-order valence-electron chi connectivity index (χ4n) is 1.78.